The smallest absolute Gasteiger partial charge is 0.326 e. The van der Waals surface area contributed by atoms with Crippen molar-refractivity contribution in [3.63, 3.8) is 0 Å². The fraction of sp³-hybridized carbons (Fsp3) is 0.579. The quantitative estimate of drug-likeness (QED) is 0.833. The lowest BCUT2D eigenvalue weighted by atomic mass is 9.93. The minimum absolute atomic E-state index is 0.0594. The monoisotopic (exact) mass is 395 g/mol. The van der Waals surface area contributed by atoms with E-state index < -0.39 is 32.4 Å². The molecule has 7 nitrogen and oxygen atoms in total. The molecule has 1 aromatic carbocycles. The van der Waals surface area contributed by atoms with Gasteiger partial charge in [0.2, 0.25) is 5.91 Å². The number of nitrogens with zero attached hydrogens (tertiary/aromatic N) is 1. The maximum atomic E-state index is 13.3. The summed E-state index contributed by atoms with van der Waals surface area (Å²) in [5, 5.41) is 10.0. The van der Waals surface area contributed by atoms with Gasteiger partial charge < -0.3 is 14.7 Å². The zero-order valence-corrected chi connectivity index (χ0v) is 16.3. The molecule has 1 saturated heterocycles. The Morgan fingerprint density at radius 2 is 1.74 bits per heavy atom. The summed E-state index contributed by atoms with van der Waals surface area (Å²) in [7, 11) is -4.24. The number of hydrogen-bond donors (Lipinski definition) is 1. The number of amides is 1. The highest BCUT2D eigenvalue weighted by Crippen LogP contribution is 2.46. The summed E-state index contributed by atoms with van der Waals surface area (Å²) in [6.07, 6.45) is 0.209. The summed E-state index contributed by atoms with van der Waals surface area (Å²) in [5.41, 5.74) is 0. The highest BCUT2D eigenvalue weighted by molar-refractivity contribution is 7.93. The summed E-state index contributed by atoms with van der Waals surface area (Å²) < 4.78 is 30.2. The fourth-order valence-corrected chi connectivity index (χ4v) is 6.55. The van der Waals surface area contributed by atoms with E-state index in [1.54, 1.807) is 23.1 Å². The molecule has 8 heteroatoms. The van der Waals surface area contributed by atoms with Gasteiger partial charge in [0, 0.05) is 13.1 Å². The average Bonchev–Trinajstić information content (AvgIpc) is 3.07. The highest BCUT2D eigenvalue weighted by atomic mass is 32.2. The second-order valence-electron chi connectivity index (χ2n) is 7.46. The molecule has 1 amide bonds. The number of carboxylic acid groups (broad SMARTS) is 1. The van der Waals surface area contributed by atoms with Crippen molar-refractivity contribution in [1.29, 1.82) is 0 Å². The summed E-state index contributed by atoms with van der Waals surface area (Å²) in [6.45, 7) is 4.35. The molecule has 4 atom stereocenters. The number of benzene rings is 1. The Balaban J connectivity index is 2.02. The van der Waals surface area contributed by atoms with E-state index in [9.17, 15) is 23.1 Å². The van der Waals surface area contributed by atoms with Crippen LogP contribution in [0.15, 0.2) is 35.2 Å². The summed E-state index contributed by atoms with van der Waals surface area (Å²) >= 11 is 0. The largest absolute Gasteiger partial charge is 0.480 e. The van der Waals surface area contributed by atoms with Crippen LogP contribution in [0.4, 0.5) is 0 Å². The zero-order valence-electron chi connectivity index (χ0n) is 15.5. The summed E-state index contributed by atoms with van der Waals surface area (Å²) in [6, 6.07) is 7.55. The molecule has 1 aliphatic carbocycles. The zero-order chi connectivity index (χ0) is 19.8. The number of carbonyl (C=O) groups is 2. The van der Waals surface area contributed by atoms with Crippen LogP contribution in [0, 0.1) is 5.92 Å². The number of carboxylic acids is 1. The normalized spacial score (nSPS) is 31.6. The highest BCUT2D eigenvalue weighted by Gasteiger charge is 2.62. The molecule has 1 heterocycles. The van der Waals surface area contributed by atoms with Crippen LogP contribution < -0.4 is 0 Å². The van der Waals surface area contributed by atoms with Crippen LogP contribution in [-0.4, -0.2) is 60.3 Å². The molecular formula is C19H25NO6S. The summed E-state index contributed by atoms with van der Waals surface area (Å²) in [4.78, 5) is 27.0. The SMILES string of the molecule is C[C@@H]1CN(C(=O)[C@H]2CCC[C@@]2(C(=O)O)S(=O)(=O)c2ccccc2)C[C@H](C)O1. The Kier molecular flexibility index (Phi) is 5.31. The van der Waals surface area contributed by atoms with Gasteiger partial charge in [0.1, 0.15) is 0 Å². The molecule has 0 bridgehead atoms. The van der Waals surface area contributed by atoms with Gasteiger partial charge >= 0.3 is 5.97 Å². The van der Waals surface area contributed by atoms with Gasteiger partial charge in [-0.15, -0.1) is 0 Å². The van der Waals surface area contributed by atoms with Crippen molar-refractivity contribution in [2.45, 2.75) is 55.0 Å². The van der Waals surface area contributed by atoms with Crippen LogP contribution in [0.2, 0.25) is 0 Å². The third-order valence-electron chi connectivity index (χ3n) is 5.53. The van der Waals surface area contributed by atoms with Crippen molar-refractivity contribution in [2.24, 2.45) is 5.92 Å². The van der Waals surface area contributed by atoms with E-state index in [2.05, 4.69) is 0 Å². The van der Waals surface area contributed by atoms with Crippen molar-refractivity contribution >= 4 is 21.7 Å². The molecule has 1 saturated carbocycles. The Morgan fingerprint density at radius 1 is 1.15 bits per heavy atom. The number of sulfone groups is 1. The molecule has 3 rings (SSSR count). The third-order valence-corrected chi connectivity index (χ3v) is 8.04. The first kappa shape index (κ1) is 19.8. The number of rotatable bonds is 4. The molecule has 148 valence electrons. The molecule has 27 heavy (non-hydrogen) atoms. The van der Waals surface area contributed by atoms with E-state index in [0.717, 1.165) is 0 Å². The molecule has 1 aliphatic heterocycles. The van der Waals surface area contributed by atoms with E-state index in [-0.39, 0.29) is 29.9 Å². The first-order chi connectivity index (χ1) is 12.7. The minimum atomic E-state index is -4.24. The van der Waals surface area contributed by atoms with E-state index in [1.165, 1.54) is 12.1 Å². The molecule has 2 fully saturated rings. The lowest BCUT2D eigenvalue weighted by Crippen LogP contribution is -2.57. The molecule has 0 spiro atoms. The number of morpholine rings is 1. The van der Waals surface area contributed by atoms with Crippen molar-refractivity contribution < 1.29 is 27.9 Å². The second-order valence-corrected chi connectivity index (χ2v) is 9.66. The van der Waals surface area contributed by atoms with Crippen LogP contribution in [0.1, 0.15) is 33.1 Å². The molecule has 0 radical (unpaired) electrons. The third kappa shape index (κ3) is 3.25. The maximum absolute atomic E-state index is 13.3. The average molecular weight is 395 g/mol. The van der Waals surface area contributed by atoms with E-state index >= 15 is 0 Å². The van der Waals surface area contributed by atoms with E-state index in [0.29, 0.717) is 19.5 Å². The fourth-order valence-electron chi connectivity index (χ4n) is 4.38. The predicted octanol–water partition coefficient (Wildman–Crippen LogP) is 1.72. The van der Waals surface area contributed by atoms with Gasteiger partial charge in [0.05, 0.1) is 23.0 Å². The van der Waals surface area contributed by atoms with Crippen LogP contribution in [0.25, 0.3) is 0 Å². The molecule has 2 aliphatic rings. The van der Waals surface area contributed by atoms with Gasteiger partial charge in [-0.2, -0.15) is 0 Å². The number of ether oxygens (including phenoxy) is 1. The summed E-state index contributed by atoms with van der Waals surface area (Å²) in [5.74, 6) is -2.95. The lowest BCUT2D eigenvalue weighted by Gasteiger charge is -2.39. The standard InChI is InChI=1S/C19H25NO6S/c1-13-11-20(12-14(2)26-13)17(21)16-9-6-10-19(16,18(22)23)27(24,25)15-7-4-3-5-8-15/h3-5,7-8,13-14,16H,6,9-12H2,1-2H3,(H,22,23)/t13-,14+,16-,19-/m1/s1. The lowest BCUT2D eigenvalue weighted by molar-refractivity contribution is -0.153. The Morgan fingerprint density at radius 3 is 2.30 bits per heavy atom. The van der Waals surface area contributed by atoms with Gasteiger partial charge in [-0.1, -0.05) is 24.6 Å². The molecule has 1 N–H and O–H groups in total. The Labute approximate surface area is 159 Å². The van der Waals surface area contributed by atoms with Gasteiger partial charge in [0.25, 0.3) is 0 Å². The van der Waals surface area contributed by atoms with Gasteiger partial charge in [-0.05, 0) is 38.8 Å². The number of hydrogen-bond acceptors (Lipinski definition) is 5. The molecule has 0 unspecified atom stereocenters. The number of aliphatic carboxylic acids is 1. The van der Waals surface area contributed by atoms with E-state index in [1.807, 2.05) is 13.8 Å². The molecule has 1 aromatic rings. The molecule has 0 aromatic heterocycles. The van der Waals surface area contributed by atoms with Gasteiger partial charge in [0.15, 0.2) is 14.6 Å². The Bertz CT molecular complexity index is 814. The van der Waals surface area contributed by atoms with Crippen molar-refractivity contribution in [1.82, 2.24) is 4.90 Å². The first-order valence-corrected chi connectivity index (χ1v) is 10.7. The number of carbonyl (C=O) groups excluding carboxylic acids is 1. The van der Waals surface area contributed by atoms with Crippen LogP contribution >= 0.6 is 0 Å². The van der Waals surface area contributed by atoms with Gasteiger partial charge in [-0.3, -0.25) is 9.59 Å². The Hall–Kier alpha value is -1.93. The van der Waals surface area contributed by atoms with Crippen molar-refractivity contribution in [3.8, 4) is 0 Å². The van der Waals surface area contributed by atoms with Crippen LogP contribution in [0.3, 0.4) is 0 Å². The topological polar surface area (TPSA) is 101 Å². The van der Waals surface area contributed by atoms with E-state index in [4.69, 9.17) is 4.74 Å². The first-order valence-electron chi connectivity index (χ1n) is 9.17. The predicted molar refractivity (Wildman–Crippen MR) is 97.9 cm³/mol. The molecular weight excluding hydrogens is 370 g/mol. The van der Waals surface area contributed by atoms with Crippen LogP contribution in [-0.2, 0) is 24.2 Å². The minimum Gasteiger partial charge on any atom is -0.480 e. The maximum Gasteiger partial charge on any atom is 0.326 e. The van der Waals surface area contributed by atoms with Gasteiger partial charge in [-0.25, -0.2) is 8.42 Å². The van der Waals surface area contributed by atoms with Crippen molar-refractivity contribution in [2.75, 3.05) is 13.1 Å². The second kappa shape index (κ2) is 7.24. The van der Waals surface area contributed by atoms with Crippen LogP contribution in [0.5, 0.6) is 0 Å². The van der Waals surface area contributed by atoms with Crippen molar-refractivity contribution in [3.05, 3.63) is 30.3 Å².